The highest BCUT2D eigenvalue weighted by Gasteiger charge is 2.27. The van der Waals surface area contributed by atoms with Gasteiger partial charge in [0, 0.05) is 17.4 Å². The van der Waals surface area contributed by atoms with Crippen LogP contribution in [0.25, 0.3) is 0 Å². The van der Waals surface area contributed by atoms with Crippen molar-refractivity contribution in [2.45, 2.75) is 44.9 Å². The summed E-state index contributed by atoms with van der Waals surface area (Å²) in [5.41, 5.74) is 3.38. The van der Waals surface area contributed by atoms with Crippen molar-refractivity contribution in [3.63, 3.8) is 0 Å². The van der Waals surface area contributed by atoms with Crippen LogP contribution in [0.5, 0.6) is 0 Å². The number of benzene rings is 1. The highest BCUT2D eigenvalue weighted by Crippen LogP contribution is 2.36. The molecule has 2 aromatic rings. The Kier molecular flexibility index (Phi) is 3.00. The number of nitrogens with zero attached hydrogens (tertiary/aromatic N) is 1. The van der Waals surface area contributed by atoms with E-state index in [1.807, 2.05) is 0 Å². The highest BCUT2D eigenvalue weighted by atomic mass is 16.1. The number of nitrogens with one attached hydrogen (secondary N) is 1. The molecule has 1 aromatic heterocycles. The number of hydrogen-bond donors (Lipinski definition) is 1. The fourth-order valence-corrected chi connectivity index (χ4v) is 2.87. The van der Waals surface area contributed by atoms with Crippen molar-refractivity contribution in [1.29, 1.82) is 0 Å². The summed E-state index contributed by atoms with van der Waals surface area (Å²) in [4.78, 5) is 19.6. The molecule has 0 fully saturated rings. The van der Waals surface area contributed by atoms with Crippen molar-refractivity contribution in [2.75, 3.05) is 0 Å². The van der Waals surface area contributed by atoms with Gasteiger partial charge in [0.25, 0.3) is 5.56 Å². The maximum atomic E-state index is 11.9. The van der Waals surface area contributed by atoms with Crippen LogP contribution in [0.2, 0.25) is 0 Å². The first-order valence-corrected chi connectivity index (χ1v) is 7.15. The van der Waals surface area contributed by atoms with Gasteiger partial charge in [0.05, 0.1) is 5.69 Å². The Morgan fingerprint density at radius 1 is 1.25 bits per heavy atom. The zero-order valence-electron chi connectivity index (χ0n) is 12.2. The van der Waals surface area contributed by atoms with Crippen LogP contribution in [-0.2, 0) is 11.8 Å². The fraction of sp³-hybridized carbons (Fsp3) is 0.412. The first kappa shape index (κ1) is 13.1. The monoisotopic (exact) mass is 268 g/mol. The second-order valence-electron chi connectivity index (χ2n) is 6.56. The van der Waals surface area contributed by atoms with Crippen LogP contribution in [0.1, 0.15) is 55.8 Å². The van der Waals surface area contributed by atoms with Gasteiger partial charge in [-0.15, -0.1) is 0 Å². The quantitative estimate of drug-likeness (QED) is 0.863. The van der Waals surface area contributed by atoms with E-state index in [0.29, 0.717) is 0 Å². The fourth-order valence-electron chi connectivity index (χ4n) is 2.87. The van der Waals surface area contributed by atoms with Crippen molar-refractivity contribution in [2.24, 2.45) is 0 Å². The Morgan fingerprint density at radius 2 is 2.00 bits per heavy atom. The molecule has 0 bridgehead atoms. The van der Waals surface area contributed by atoms with E-state index in [9.17, 15) is 4.79 Å². The highest BCUT2D eigenvalue weighted by molar-refractivity contribution is 5.38. The summed E-state index contributed by atoms with van der Waals surface area (Å²) in [5, 5.41) is 0. The molecule has 3 rings (SSSR count). The maximum absolute atomic E-state index is 11.9. The molecule has 1 N–H and O–H groups in total. The molecule has 20 heavy (non-hydrogen) atoms. The van der Waals surface area contributed by atoms with Crippen LogP contribution in [-0.4, -0.2) is 9.97 Å². The normalized spacial score (nSPS) is 18.1. The van der Waals surface area contributed by atoms with Crippen LogP contribution < -0.4 is 5.56 Å². The van der Waals surface area contributed by atoms with E-state index in [1.54, 1.807) is 6.07 Å². The molecule has 1 aliphatic rings. The van der Waals surface area contributed by atoms with Crippen LogP contribution in [0.15, 0.2) is 35.1 Å². The zero-order valence-corrected chi connectivity index (χ0v) is 12.2. The largest absolute Gasteiger partial charge is 0.310 e. The minimum absolute atomic E-state index is 0.0516. The Morgan fingerprint density at radius 3 is 2.75 bits per heavy atom. The van der Waals surface area contributed by atoms with Gasteiger partial charge < -0.3 is 4.98 Å². The van der Waals surface area contributed by atoms with Gasteiger partial charge in [-0.1, -0.05) is 45.0 Å². The second-order valence-corrected chi connectivity index (χ2v) is 6.56. The van der Waals surface area contributed by atoms with E-state index >= 15 is 0 Å². The summed E-state index contributed by atoms with van der Waals surface area (Å²) in [7, 11) is 0. The molecule has 0 radical (unpaired) electrons. The third-order valence-electron chi connectivity index (χ3n) is 3.99. The van der Waals surface area contributed by atoms with Crippen molar-refractivity contribution in [3.05, 3.63) is 63.3 Å². The van der Waals surface area contributed by atoms with Gasteiger partial charge in [-0.3, -0.25) is 4.79 Å². The molecule has 1 aromatic carbocycles. The lowest BCUT2D eigenvalue weighted by Crippen LogP contribution is -2.22. The van der Waals surface area contributed by atoms with Crippen LogP contribution in [0.4, 0.5) is 0 Å². The smallest absolute Gasteiger partial charge is 0.251 e. The lowest BCUT2D eigenvalue weighted by atomic mass is 9.91. The summed E-state index contributed by atoms with van der Waals surface area (Å²) in [6.45, 7) is 6.25. The number of hydrogen-bond acceptors (Lipinski definition) is 2. The maximum Gasteiger partial charge on any atom is 0.251 e. The van der Waals surface area contributed by atoms with E-state index in [4.69, 9.17) is 4.98 Å². The van der Waals surface area contributed by atoms with E-state index in [-0.39, 0.29) is 16.9 Å². The molecule has 0 amide bonds. The van der Waals surface area contributed by atoms with Gasteiger partial charge in [-0.25, -0.2) is 4.98 Å². The van der Waals surface area contributed by atoms with Gasteiger partial charge in [0.15, 0.2) is 0 Å². The minimum Gasteiger partial charge on any atom is -0.310 e. The third-order valence-corrected chi connectivity index (χ3v) is 3.99. The second kappa shape index (κ2) is 4.58. The molecule has 0 aliphatic heterocycles. The molecule has 0 spiro atoms. The Balaban J connectivity index is 2.08. The molecule has 3 heteroatoms. The van der Waals surface area contributed by atoms with Crippen molar-refractivity contribution in [1.82, 2.24) is 9.97 Å². The molecule has 104 valence electrons. The van der Waals surface area contributed by atoms with Gasteiger partial charge in [0.1, 0.15) is 5.82 Å². The predicted octanol–water partition coefficient (Wildman–Crippen LogP) is 3.15. The van der Waals surface area contributed by atoms with E-state index < -0.39 is 0 Å². The van der Waals surface area contributed by atoms with Crippen molar-refractivity contribution < 1.29 is 0 Å². The van der Waals surface area contributed by atoms with Gasteiger partial charge in [-0.2, -0.15) is 0 Å². The van der Waals surface area contributed by atoms with E-state index in [2.05, 4.69) is 50.0 Å². The molecular formula is C17H20N2O. The topological polar surface area (TPSA) is 45.8 Å². The van der Waals surface area contributed by atoms with Gasteiger partial charge in [0.2, 0.25) is 0 Å². The molecule has 1 aliphatic carbocycles. The zero-order chi connectivity index (χ0) is 14.3. The number of rotatable bonds is 1. The summed E-state index contributed by atoms with van der Waals surface area (Å²) >= 11 is 0. The van der Waals surface area contributed by atoms with Crippen LogP contribution >= 0.6 is 0 Å². The predicted molar refractivity (Wildman–Crippen MR) is 80.2 cm³/mol. The first-order valence-electron chi connectivity index (χ1n) is 7.15. The van der Waals surface area contributed by atoms with Crippen molar-refractivity contribution >= 4 is 0 Å². The standard InChI is InChI=1S/C17H20N2O/c1-17(2,3)14-10-15(20)19-16(18-14)13-9-8-11-6-4-5-7-12(11)13/h4-7,10,13H,8-9H2,1-3H3,(H,18,19,20). The number of aryl methyl sites for hydroxylation is 1. The Hall–Kier alpha value is -1.90. The first-order chi connectivity index (χ1) is 9.45. The van der Waals surface area contributed by atoms with Crippen molar-refractivity contribution in [3.8, 4) is 0 Å². The molecular weight excluding hydrogens is 248 g/mol. The SMILES string of the molecule is CC(C)(C)c1cc(=O)[nH]c(C2CCc3ccccc32)n1. The molecule has 1 heterocycles. The van der Waals surface area contributed by atoms with Crippen LogP contribution in [0.3, 0.4) is 0 Å². The van der Waals surface area contributed by atoms with Crippen LogP contribution in [0, 0.1) is 0 Å². The molecule has 0 saturated heterocycles. The summed E-state index contributed by atoms with van der Waals surface area (Å²) in [5.74, 6) is 1.04. The molecule has 0 saturated carbocycles. The Labute approximate surface area is 119 Å². The number of fused-ring (bicyclic) bond motifs is 1. The lowest BCUT2D eigenvalue weighted by Gasteiger charge is -2.19. The molecule has 1 unspecified atom stereocenters. The third kappa shape index (κ3) is 2.28. The van der Waals surface area contributed by atoms with Gasteiger partial charge in [-0.05, 0) is 24.0 Å². The molecule has 3 nitrogen and oxygen atoms in total. The number of aromatic amines is 1. The Bertz CT molecular complexity index is 695. The van der Waals surface area contributed by atoms with Gasteiger partial charge >= 0.3 is 0 Å². The summed E-state index contributed by atoms with van der Waals surface area (Å²) < 4.78 is 0. The van der Waals surface area contributed by atoms with E-state index in [1.165, 1.54) is 11.1 Å². The number of H-pyrrole nitrogens is 1. The van der Waals surface area contributed by atoms with E-state index in [0.717, 1.165) is 24.4 Å². The molecule has 1 atom stereocenters. The summed E-state index contributed by atoms with van der Waals surface area (Å²) in [6.07, 6.45) is 2.08. The number of aromatic nitrogens is 2. The lowest BCUT2D eigenvalue weighted by molar-refractivity contribution is 0.555. The average molecular weight is 268 g/mol. The summed E-state index contributed by atoms with van der Waals surface area (Å²) in [6, 6.07) is 10.1. The minimum atomic E-state index is -0.110. The average Bonchev–Trinajstić information content (AvgIpc) is 2.80.